The molecule has 96 valence electrons. The minimum atomic E-state index is -0.228. The molecule has 18 heavy (non-hydrogen) atoms. The molecular weight excluding hydrogens is 229 g/mol. The maximum absolute atomic E-state index is 13.8. The van der Waals surface area contributed by atoms with E-state index in [1.807, 2.05) is 6.07 Å². The standard InChI is InChI=1S/C14H18FN3/c1-9(8-16)7-13-17-14-11(15)3-2-4-12(14)18(13)10-5-6-10/h2-4,9-10H,5-8,16H2,1H3. The average molecular weight is 247 g/mol. The summed E-state index contributed by atoms with van der Waals surface area (Å²) < 4.78 is 16.0. The van der Waals surface area contributed by atoms with Gasteiger partial charge in [0.15, 0.2) is 5.82 Å². The number of nitrogens with zero attached hydrogens (tertiary/aromatic N) is 2. The second kappa shape index (κ2) is 4.35. The van der Waals surface area contributed by atoms with Crippen molar-refractivity contribution in [2.45, 2.75) is 32.2 Å². The van der Waals surface area contributed by atoms with Crippen molar-refractivity contribution in [3.8, 4) is 0 Å². The molecule has 0 radical (unpaired) electrons. The van der Waals surface area contributed by atoms with Crippen molar-refractivity contribution in [3.05, 3.63) is 29.8 Å². The first-order valence-corrected chi connectivity index (χ1v) is 6.56. The summed E-state index contributed by atoms with van der Waals surface area (Å²) in [5, 5.41) is 0. The number of halogens is 1. The lowest BCUT2D eigenvalue weighted by Crippen LogP contribution is -2.15. The van der Waals surface area contributed by atoms with E-state index in [0.29, 0.717) is 24.0 Å². The number of aromatic nitrogens is 2. The average Bonchev–Trinajstić information content (AvgIpc) is 3.12. The molecule has 1 aliphatic rings. The SMILES string of the molecule is CC(CN)Cc1nc2c(F)cccc2n1C1CC1. The van der Waals surface area contributed by atoms with Crippen LogP contribution in [0.3, 0.4) is 0 Å². The predicted octanol–water partition coefficient (Wildman–Crippen LogP) is 2.65. The fourth-order valence-corrected chi connectivity index (χ4v) is 2.41. The number of nitrogens with two attached hydrogens (primary N) is 1. The highest BCUT2D eigenvalue weighted by atomic mass is 19.1. The van der Waals surface area contributed by atoms with Gasteiger partial charge in [0.2, 0.25) is 0 Å². The third-order valence-electron chi connectivity index (χ3n) is 3.59. The lowest BCUT2D eigenvalue weighted by Gasteiger charge is -2.11. The van der Waals surface area contributed by atoms with Gasteiger partial charge in [0.25, 0.3) is 0 Å². The Labute approximate surface area is 106 Å². The normalized spacial score (nSPS) is 17.3. The zero-order chi connectivity index (χ0) is 12.7. The number of fused-ring (bicyclic) bond motifs is 1. The predicted molar refractivity (Wildman–Crippen MR) is 69.9 cm³/mol. The number of rotatable bonds is 4. The van der Waals surface area contributed by atoms with Crippen molar-refractivity contribution in [2.75, 3.05) is 6.54 Å². The molecular formula is C14H18FN3. The zero-order valence-corrected chi connectivity index (χ0v) is 10.6. The van der Waals surface area contributed by atoms with Crippen LogP contribution >= 0.6 is 0 Å². The third-order valence-corrected chi connectivity index (χ3v) is 3.59. The first kappa shape index (κ1) is 11.7. The minimum absolute atomic E-state index is 0.228. The van der Waals surface area contributed by atoms with Crippen LogP contribution in [-0.4, -0.2) is 16.1 Å². The highest BCUT2D eigenvalue weighted by molar-refractivity contribution is 5.77. The van der Waals surface area contributed by atoms with E-state index < -0.39 is 0 Å². The molecule has 1 atom stereocenters. The van der Waals surface area contributed by atoms with E-state index in [1.54, 1.807) is 6.07 Å². The second-order valence-corrected chi connectivity index (χ2v) is 5.28. The van der Waals surface area contributed by atoms with E-state index in [0.717, 1.165) is 17.8 Å². The zero-order valence-electron chi connectivity index (χ0n) is 10.6. The van der Waals surface area contributed by atoms with Crippen LogP contribution in [0.2, 0.25) is 0 Å². The van der Waals surface area contributed by atoms with Crippen molar-refractivity contribution >= 4 is 11.0 Å². The Hall–Kier alpha value is -1.42. The molecule has 1 fully saturated rings. The smallest absolute Gasteiger partial charge is 0.151 e. The van der Waals surface area contributed by atoms with Gasteiger partial charge in [-0.05, 0) is 37.4 Å². The van der Waals surface area contributed by atoms with Crippen LogP contribution in [0.15, 0.2) is 18.2 Å². The van der Waals surface area contributed by atoms with E-state index in [1.165, 1.54) is 18.9 Å². The van der Waals surface area contributed by atoms with Crippen LogP contribution in [0.1, 0.15) is 31.6 Å². The molecule has 3 rings (SSSR count). The molecule has 0 saturated heterocycles. The van der Waals surface area contributed by atoms with Gasteiger partial charge in [0.05, 0.1) is 5.52 Å². The van der Waals surface area contributed by atoms with Gasteiger partial charge in [0, 0.05) is 12.5 Å². The van der Waals surface area contributed by atoms with E-state index in [2.05, 4.69) is 16.5 Å². The summed E-state index contributed by atoms with van der Waals surface area (Å²) in [7, 11) is 0. The van der Waals surface area contributed by atoms with E-state index >= 15 is 0 Å². The number of para-hydroxylation sites is 1. The highest BCUT2D eigenvalue weighted by Crippen LogP contribution is 2.39. The quantitative estimate of drug-likeness (QED) is 0.902. The number of imidazole rings is 1. The molecule has 2 aromatic rings. The van der Waals surface area contributed by atoms with Crippen molar-refractivity contribution in [3.63, 3.8) is 0 Å². The Morgan fingerprint density at radius 2 is 2.28 bits per heavy atom. The fourth-order valence-electron chi connectivity index (χ4n) is 2.41. The van der Waals surface area contributed by atoms with Gasteiger partial charge < -0.3 is 10.3 Å². The summed E-state index contributed by atoms with van der Waals surface area (Å²) in [4.78, 5) is 4.49. The maximum Gasteiger partial charge on any atom is 0.151 e. The maximum atomic E-state index is 13.8. The summed E-state index contributed by atoms with van der Waals surface area (Å²) in [5.74, 6) is 1.13. The van der Waals surface area contributed by atoms with Crippen LogP contribution in [0, 0.1) is 11.7 Å². The van der Waals surface area contributed by atoms with Crippen molar-refractivity contribution in [2.24, 2.45) is 11.7 Å². The molecule has 0 amide bonds. The number of hydrogen-bond donors (Lipinski definition) is 1. The summed E-state index contributed by atoms with van der Waals surface area (Å²) in [6.07, 6.45) is 3.17. The topological polar surface area (TPSA) is 43.8 Å². The first-order valence-electron chi connectivity index (χ1n) is 6.56. The second-order valence-electron chi connectivity index (χ2n) is 5.28. The van der Waals surface area contributed by atoms with E-state index in [-0.39, 0.29) is 5.82 Å². The molecule has 4 heteroatoms. The lowest BCUT2D eigenvalue weighted by atomic mass is 10.1. The highest BCUT2D eigenvalue weighted by Gasteiger charge is 2.29. The lowest BCUT2D eigenvalue weighted by molar-refractivity contribution is 0.550. The van der Waals surface area contributed by atoms with Gasteiger partial charge >= 0.3 is 0 Å². The van der Waals surface area contributed by atoms with E-state index in [4.69, 9.17) is 5.73 Å². The van der Waals surface area contributed by atoms with Crippen LogP contribution < -0.4 is 5.73 Å². The molecule has 0 spiro atoms. The van der Waals surface area contributed by atoms with Crippen molar-refractivity contribution < 1.29 is 4.39 Å². The summed E-state index contributed by atoms with van der Waals surface area (Å²) >= 11 is 0. The molecule has 1 heterocycles. The van der Waals surface area contributed by atoms with Crippen LogP contribution in [0.25, 0.3) is 11.0 Å². The molecule has 1 aromatic heterocycles. The van der Waals surface area contributed by atoms with Gasteiger partial charge in [-0.3, -0.25) is 0 Å². The molecule has 1 saturated carbocycles. The summed E-state index contributed by atoms with van der Waals surface area (Å²) in [5.41, 5.74) is 7.11. The summed E-state index contributed by atoms with van der Waals surface area (Å²) in [6, 6.07) is 5.70. The summed E-state index contributed by atoms with van der Waals surface area (Å²) in [6.45, 7) is 2.74. The molecule has 1 unspecified atom stereocenters. The Morgan fingerprint density at radius 1 is 1.50 bits per heavy atom. The van der Waals surface area contributed by atoms with Crippen molar-refractivity contribution in [1.82, 2.24) is 9.55 Å². The van der Waals surface area contributed by atoms with Crippen LogP contribution in [0.4, 0.5) is 4.39 Å². The van der Waals surface area contributed by atoms with Crippen molar-refractivity contribution in [1.29, 1.82) is 0 Å². The van der Waals surface area contributed by atoms with Gasteiger partial charge in [-0.15, -0.1) is 0 Å². The van der Waals surface area contributed by atoms with Gasteiger partial charge in [-0.2, -0.15) is 0 Å². The first-order chi connectivity index (χ1) is 8.70. The molecule has 0 bridgehead atoms. The largest absolute Gasteiger partial charge is 0.330 e. The Morgan fingerprint density at radius 3 is 2.94 bits per heavy atom. The molecule has 1 aliphatic carbocycles. The number of hydrogen-bond acceptors (Lipinski definition) is 2. The van der Waals surface area contributed by atoms with Crippen LogP contribution in [0.5, 0.6) is 0 Å². The molecule has 2 N–H and O–H groups in total. The molecule has 3 nitrogen and oxygen atoms in total. The van der Waals surface area contributed by atoms with Gasteiger partial charge in [-0.1, -0.05) is 13.0 Å². The number of benzene rings is 1. The fraction of sp³-hybridized carbons (Fsp3) is 0.500. The Kier molecular flexibility index (Phi) is 2.82. The Balaban J connectivity index is 2.11. The van der Waals surface area contributed by atoms with Gasteiger partial charge in [-0.25, -0.2) is 9.37 Å². The van der Waals surface area contributed by atoms with Gasteiger partial charge in [0.1, 0.15) is 11.3 Å². The van der Waals surface area contributed by atoms with E-state index in [9.17, 15) is 4.39 Å². The monoisotopic (exact) mass is 247 g/mol. The third kappa shape index (κ3) is 1.90. The molecule has 1 aromatic carbocycles. The Bertz CT molecular complexity index is 572. The molecule has 0 aliphatic heterocycles. The van der Waals surface area contributed by atoms with Crippen LogP contribution in [-0.2, 0) is 6.42 Å². The minimum Gasteiger partial charge on any atom is -0.330 e.